The number of hydrogen-bond acceptors (Lipinski definition) is 14. The number of carbonyl (C=O) groups is 4. The third kappa shape index (κ3) is 36.1. The van der Waals surface area contributed by atoms with E-state index in [2.05, 4.69) is 68.2 Å². The van der Waals surface area contributed by atoms with Crippen molar-refractivity contribution in [2.75, 3.05) is 51.6 Å². The van der Waals surface area contributed by atoms with Crippen molar-refractivity contribution in [3.8, 4) is 11.5 Å². The fourth-order valence-electron chi connectivity index (χ4n) is 3.13. The van der Waals surface area contributed by atoms with E-state index in [9.17, 15) is 19.2 Å². The van der Waals surface area contributed by atoms with E-state index in [1.54, 1.807) is 70.6 Å². The normalized spacial score (nSPS) is 9.05. The molecule has 0 radical (unpaired) electrons. The molecule has 0 bridgehead atoms. The van der Waals surface area contributed by atoms with E-state index in [1.165, 1.54) is 11.8 Å². The lowest BCUT2D eigenvalue weighted by atomic mass is 10.2. The number of pyridine rings is 2. The summed E-state index contributed by atoms with van der Waals surface area (Å²) in [5.41, 5.74) is 2.38. The fraction of sp³-hybridized carbons (Fsp3) is 0.350. The molecule has 308 valence electrons. The Morgan fingerprint density at radius 1 is 0.589 bits per heavy atom. The molecule has 16 heteroatoms. The van der Waals surface area contributed by atoms with Crippen LogP contribution in [0.15, 0.2) is 110 Å². The van der Waals surface area contributed by atoms with Crippen molar-refractivity contribution in [3.63, 3.8) is 0 Å². The number of halogens is 2. The first kappa shape index (κ1) is 53.2. The maximum atomic E-state index is 10.9. The lowest BCUT2D eigenvalue weighted by Gasteiger charge is -2.03. The highest BCUT2D eigenvalue weighted by molar-refractivity contribution is 9.09. The van der Waals surface area contributed by atoms with Gasteiger partial charge in [-0.25, -0.2) is 14.4 Å². The molecule has 0 unspecified atom stereocenters. The zero-order valence-corrected chi connectivity index (χ0v) is 35.3. The van der Waals surface area contributed by atoms with Crippen LogP contribution >= 0.6 is 31.9 Å². The zero-order valence-electron chi connectivity index (χ0n) is 32.1. The van der Waals surface area contributed by atoms with Crippen LogP contribution in [0.2, 0.25) is 0 Å². The van der Waals surface area contributed by atoms with Crippen molar-refractivity contribution in [2.24, 2.45) is 0 Å². The van der Waals surface area contributed by atoms with Gasteiger partial charge in [0, 0.05) is 17.7 Å². The first-order valence-electron chi connectivity index (χ1n) is 17.2. The molecule has 56 heavy (non-hydrogen) atoms. The molecule has 0 aliphatic heterocycles. The average Bonchev–Trinajstić information content (AvgIpc) is 3.23. The standard InChI is InChI=1S/C11H14O3.C9H11NO3.C7H7Br.C5H5NO.C4H7BrO2.C4H8O3/c1-2-14-11(12)9-13-8-10-6-4-3-5-7-10;1-2-12-9(11)7-13-8-4-3-5-10-6-8;8-6-7-4-2-1-3-5-7;7-5-2-1-3-6-4-5;2*1-2-7-4(6)3-5/h3-7H,2,8-9H2,1H3;3-6H,2,7H2,1H3;1-5H,6H2;1-4,7H;2-3H2,1H3;5H,2-3H2,1H3. The Kier molecular flexibility index (Phi) is 37.8. The number of aromatic hydroxyl groups is 1. The van der Waals surface area contributed by atoms with Gasteiger partial charge in [0.1, 0.15) is 30.0 Å². The van der Waals surface area contributed by atoms with Crippen molar-refractivity contribution in [3.05, 3.63) is 121 Å². The second-order valence-corrected chi connectivity index (χ2v) is 10.9. The Morgan fingerprint density at radius 3 is 1.43 bits per heavy atom. The van der Waals surface area contributed by atoms with E-state index in [-0.39, 0.29) is 36.9 Å². The summed E-state index contributed by atoms with van der Waals surface area (Å²) in [6, 6.07) is 26.7. The highest BCUT2D eigenvalue weighted by Crippen LogP contribution is 2.06. The largest absolute Gasteiger partial charge is 0.506 e. The molecule has 14 nitrogen and oxygen atoms in total. The third-order valence-electron chi connectivity index (χ3n) is 5.43. The van der Waals surface area contributed by atoms with Gasteiger partial charge in [0.25, 0.3) is 0 Å². The van der Waals surface area contributed by atoms with Gasteiger partial charge in [-0.3, -0.25) is 14.8 Å². The predicted octanol–water partition coefficient (Wildman–Crippen LogP) is 6.64. The lowest BCUT2D eigenvalue weighted by molar-refractivity contribution is -0.149. The molecule has 0 saturated carbocycles. The van der Waals surface area contributed by atoms with Crippen LogP contribution in [0.25, 0.3) is 0 Å². The number of aromatic nitrogens is 2. The van der Waals surface area contributed by atoms with Crippen molar-refractivity contribution in [1.82, 2.24) is 9.97 Å². The maximum absolute atomic E-state index is 10.9. The summed E-state index contributed by atoms with van der Waals surface area (Å²) in [6.07, 6.45) is 6.18. The molecule has 4 rings (SSSR count). The van der Waals surface area contributed by atoms with Gasteiger partial charge in [-0.1, -0.05) is 92.5 Å². The summed E-state index contributed by atoms with van der Waals surface area (Å²) >= 11 is 6.30. The highest BCUT2D eigenvalue weighted by atomic mass is 79.9. The zero-order chi connectivity index (χ0) is 42.1. The maximum Gasteiger partial charge on any atom is 0.344 e. The van der Waals surface area contributed by atoms with Crippen LogP contribution in [-0.4, -0.2) is 95.6 Å². The van der Waals surface area contributed by atoms with Crippen molar-refractivity contribution < 1.29 is 57.8 Å². The van der Waals surface area contributed by atoms with E-state index >= 15 is 0 Å². The van der Waals surface area contributed by atoms with Gasteiger partial charge in [-0.2, -0.15) is 0 Å². The van der Waals surface area contributed by atoms with Crippen molar-refractivity contribution in [2.45, 2.75) is 39.6 Å². The van der Waals surface area contributed by atoms with E-state index in [1.807, 2.05) is 48.5 Å². The molecule has 0 aliphatic carbocycles. The van der Waals surface area contributed by atoms with Gasteiger partial charge in [-0.15, -0.1) is 0 Å². The fourth-order valence-corrected chi connectivity index (χ4v) is 3.67. The number of alkyl halides is 2. The number of hydrogen-bond donors (Lipinski definition) is 2. The molecule has 2 aromatic heterocycles. The van der Waals surface area contributed by atoms with Crippen LogP contribution in [0.5, 0.6) is 11.5 Å². The Morgan fingerprint density at radius 2 is 1.07 bits per heavy atom. The first-order chi connectivity index (χ1) is 27.1. The SMILES string of the molecule is BrCc1ccccc1.CCOC(=O)CBr.CCOC(=O)CO.CCOC(=O)COCc1ccccc1.CCOC(=O)COc1cccnc1.Oc1cccnc1. The van der Waals surface area contributed by atoms with Crippen molar-refractivity contribution >= 4 is 55.7 Å². The second-order valence-electron chi connectivity index (χ2n) is 9.80. The van der Waals surface area contributed by atoms with Gasteiger partial charge in [0.2, 0.25) is 0 Å². The molecule has 2 aromatic carbocycles. The minimum atomic E-state index is -0.567. The lowest BCUT2D eigenvalue weighted by Crippen LogP contribution is -2.14. The molecule has 0 spiro atoms. The first-order valence-corrected chi connectivity index (χ1v) is 19.5. The molecule has 0 aliphatic rings. The molecule has 2 heterocycles. The summed E-state index contributed by atoms with van der Waals surface area (Å²) < 4.78 is 28.4. The number of nitrogens with zero attached hydrogens (tertiary/aromatic N) is 2. The summed E-state index contributed by atoms with van der Waals surface area (Å²) in [4.78, 5) is 49.3. The van der Waals surface area contributed by atoms with Gasteiger partial charge in [0.05, 0.1) is 45.4 Å². The number of rotatable bonds is 14. The molecule has 4 aromatic rings. The number of benzene rings is 2. The predicted molar refractivity (Wildman–Crippen MR) is 218 cm³/mol. The number of ether oxygens (including phenoxy) is 6. The molecular weight excluding hydrogens is 860 g/mol. The summed E-state index contributed by atoms with van der Waals surface area (Å²) in [6.45, 7) is 8.42. The number of esters is 4. The molecule has 0 saturated heterocycles. The monoisotopic (exact) mass is 910 g/mol. The van der Waals surface area contributed by atoms with E-state index in [0.717, 1.165) is 10.9 Å². The summed E-state index contributed by atoms with van der Waals surface area (Å²) in [7, 11) is 0. The van der Waals surface area contributed by atoms with Crippen molar-refractivity contribution in [1.29, 1.82) is 0 Å². The van der Waals surface area contributed by atoms with Crippen LogP contribution in [0.3, 0.4) is 0 Å². The Bertz CT molecular complexity index is 1490. The van der Waals surface area contributed by atoms with E-state index in [0.29, 0.717) is 44.1 Å². The Labute approximate surface area is 345 Å². The number of aliphatic hydroxyl groups excluding tert-OH is 1. The Hall–Kier alpha value is -4.90. The summed E-state index contributed by atoms with van der Waals surface area (Å²) in [5, 5.41) is 17.8. The number of carbonyl (C=O) groups excluding carboxylic acids is 4. The van der Waals surface area contributed by atoms with Crippen LogP contribution in [0.4, 0.5) is 0 Å². The molecular formula is C40H52Br2N2O12. The smallest absolute Gasteiger partial charge is 0.344 e. The average molecular weight is 913 g/mol. The second kappa shape index (κ2) is 39.8. The van der Waals surface area contributed by atoms with E-state index < -0.39 is 12.6 Å². The summed E-state index contributed by atoms with van der Waals surface area (Å²) in [5.74, 6) is -0.683. The number of aliphatic hydroxyl groups is 1. The molecule has 0 atom stereocenters. The van der Waals surface area contributed by atoms with Crippen LogP contribution in [0, 0.1) is 0 Å². The topological polar surface area (TPSA) is 190 Å². The van der Waals surface area contributed by atoms with Gasteiger partial charge in [0.15, 0.2) is 6.61 Å². The van der Waals surface area contributed by atoms with Crippen LogP contribution < -0.4 is 4.74 Å². The van der Waals surface area contributed by atoms with Gasteiger partial charge >= 0.3 is 23.9 Å². The minimum Gasteiger partial charge on any atom is -0.506 e. The van der Waals surface area contributed by atoms with E-state index in [4.69, 9.17) is 24.4 Å². The van der Waals surface area contributed by atoms with Gasteiger partial charge < -0.3 is 38.6 Å². The Balaban J connectivity index is 0. The van der Waals surface area contributed by atoms with Crippen LogP contribution in [0.1, 0.15) is 38.8 Å². The van der Waals surface area contributed by atoms with Crippen LogP contribution in [-0.2, 0) is 54.8 Å². The molecule has 2 N–H and O–H groups in total. The highest BCUT2D eigenvalue weighted by Gasteiger charge is 2.02. The van der Waals surface area contributed by atoms with Gasteiger partial charge in [-0.05, 0) is 63.1 Å². The minimum absolute atomic E-state index is 0.0166. The molecule has 0 fully saturated rings. The quantitative estimate of drug-likeness (QED) is 0.0778. The molecule has 0 amide bonds. The third-order valence-corrected chi connectivity index (χ3v) is 6.53.